The number of halogens is 1. The number of rotatable bonds is 4. The number of para-hydroxylation sites is 1. The predicted octanol–water partition coefficient (Wildman–Crippen LogP) is 3.00. The lowest BCUT2D eigenvalue weighted by Crippen LogP contribution is -2.30. The van der Waals surface area contributed by atoms with Crippen molar-refractivity contribution < 1.29 is 4.79 Å². The van der Waals surface area contributed by atoms with Gasteiger partial charge in [-0.15, -0.1) is 0 Å². The molecule has 2 aromatic carbocycles. The van der Waals surface area contributed by atoms with Crippen molar-refractivity contribution in [1.29, 1.82) is 0 Å². The molecule has 0 aliphatic rings. The third kappa shape index (κ3) is 3.62. The molecule has 2 rings (SSSR count). The van der Waals surface area contributed by atoms with Gasteiger partial charge >= 0.3 is 0 Å². The fraction of sp³-hybridized carbons (Fsp3) is 0.188. The van der Waals surface area contributed by atoms with Crippen LogP contribution in [-0.2, 0) is 6.54 Å². The van der Waals surface area contributed by atoms with Gasteiger partial charge in [0.05, 0.1) is 0 Å². The second kappa shape index (κ2) is 6.74. The molecule has 0 fully saturated rings. The molecule has 0 bridgehead atoms. The molecule has 0 saturated heterocycles. The fourth-order valence-corrected chi connectivity index (χ4v) is 2.74. The zero-order valence-corrected chi connectivity index (χ0v) is 13.6. The zero-order valence-electron chi connectivity index (χ0n) is 12.1. The van der Waals surface area contributed by atoms with Gasteiger partial charge in [-0.3, -0.25) is 10.2 Å². The molecule has 0 aliphatic carbocycles. The van der Waals surface area contributed by atoms with Crippen molar-refractivity contribution in [3.05, 3.63) is 63.6 Å². The second-order valence-corrected chi connectivity index (χ2v) is 5.78. The molecule has 0 saturated carbocycles. The molecule has 1 amide bonds. The zero-order chi connectivity index (χ0) is 15.4. The first-order valence-corrected chi connectivity index (χ1v) is 7.38. The second-order valence-electron chi connectivity index (χ2n) is 4.92. The van der Waals surface area contributed by atoms with Crippen molar-refractivity contribution in [3.63, 3.8) is 0 Å². The van der Waals surface area contributed by atoms with E-state index in [1.54, 1.807) is 12.1 Å². The van der Waals surface area contributed by atoms with Crippen LogP contribution in [-0.4, -0.2) is 13.0 Å². The van der Waals surface area contributed by atoms with Gasteiger partial charge in [0.2, 0.25) is 0 Å². The number of hydrazine groups is 1. The van der Waals surface area contributed by atoms with Gasteiger partial charge in [0.1, 0.15) is 0 Å². The van der Waals surface area contributed by atoms with E-state index < -0.39 is 0 Å². The van der Waals surface area contributed by atoms with Crippen LogP contribution in [0.3, 0.4) is 0 Å². The van der Waals surface area contributed by atoms with Crippen LogP contribution in [0.1, 0.15) is 21.5 Å². The van der Waals surface area contributed by atoms with Gasteiger partial charge in [0, 0.05) is 29.3 Å². The highest BCUT2D eigenvalue weighted by Crippen LogP contribution is 2.24. The fourth-order valence-electron chi connectivity index (χ4n) is 2.23. The normalized spacial score (nSPS) is 10.3. The summed E-state index contributed by atoms with van der Waals surface area (Å²) in [5, 5.41) is 0. The molecule has 0 radical (unpaired) electrons. The van der Waals surface area contributed by atoms with Crippen molar-refractivity contribution in [2.24, 2.45) is 5.84 Å². The highest BCUT2D eigenvalue weighted by Gasteiger charge is 2.10. The first kappa shape index (κ1) is 15.5. The number of hydrogen-bond acceptors (Lipinski definition) is 3. The van der Waals surface area contributed by atoms with Gasteiger partial charge in [-0.1, -0.05) is 40.2 Å². The highest BCUT2D eigenvalue weighted by atomic mass is 79.9. The van der Waals surface area contributed by atoms with E-state index in [-0.39, 0.29) is 5.91 Å². The minimum absolute atomic E-state index is 0.297. The van der Waals surface area contributed by atoms with Gasteiger partial charge in [-0.05, 0) is 36.2 Å². The number of carbonyl (C=O) groups is 1. The molecule has 0 heterocycles. The SMILES string of the molecule is Cc1ccccc1N(C)Cc1ccc(C(=O)NN)cc1Br. The summed E-state index contributed by atoms with van der Waals surface area (Å²) in [6, 6.07) is 13.7. The van der Waals surface area contributed by atoms with Gasteiger partial charge in [0.25, 0.3) is 5.91 Å². The molecule has 0 unspecified atom stereocenters. The molecule has 2 aromatic rings. The van der Waals surface area contributed by atoms with Gasteiger partial charge in [-0.2, -0.15) is 0 Å². The average Bonchev–Trinajstić information content (AvgIpc) is 2.48. The van der Waals surface area contributed by atoms with E-state index in [1.807, 2.05) is 18.2 Å². The van der Waals surface area contributed by atoms with E-state index in [4.69, 9.17) is 5.84 Å². The minimum Gasteiger partial charge on any atom is -0.370 e. The largest absolute Gasteiger partial charge is 0.370 e. The predicted molar refractivity (Wildman–Crippen MR) is 89.1 cm³/mol. The van der Waals surface area contributed by atoms with E-state index in [0.717, 1.165) is 16.6 Å². The number of nitrogens with zero attached hydrogens (tertiary/aromatic N) is 1. The van der Waals surface area contributed by atoms with Crippen LogP contribution in [0.4, 0.5) is 5.69 Å². The summed E-state index contributed by atoms with van der Waals surface area (Å²) in [6.07, 6.45) is 0. The van der Waals surface area contributed by atoms with Crippen molar-refractivity contribution >= 4 is 27.5 Å². The number of nitrogen functional groups attached to an aromatic ring is 1. The Balaban J connectivity index is 2.20. The molecule has 21 heavy (non-hydrogen) atoms. The molecule has 3 N–H and O–H groups in total. The molecule has 0 spiro atoms. The third-order valence-corrected chi connectivity index (χ3v) is 4.12. The lowest BCUT2D eigenvalue weighted by atomic mass is 10.1. The molecular formula is C16H18BrN3O. The lowest BCUT2D eigenvalue weighted by Gasteiger charge is -2.22. The smallest absolute Gasteiger partial charge is 0.265 e. The Labute approximate surface area is 133 Å². The van der Waals surface area contributed by atoms with Crippen molar-refractivity contribution in [3.8, 4) is 0 Å². The number of anilines is 1. The molecular weight excluding hydrogens is 330 g/mol. The van der Waals surface area contributed by atoms with E-state index >= 15 is 0 Å². The monoisotopic (exact) mass is 347 g/mol. The van der Waals surface area contributed by atoms with Crippen molar-refractivity contribution in [1.82, 2.24) is 5.43 Å². The molecule has 5 heteroatoms. The molecule has 0 aromatic heterocycles. The van der Waals surface area contributed by atoms with E-state index in [0.29, 0.717) is 5.56 Å². The van der Waals surface area contributed by atoms with Crippen LogP contribution in [0.25, 0.3) is 0 Å². The molecule has 4 nitrogen and oxygen atoms in total. The average molecular weight is 348 g/mol. The van der Waals surface area contributed by atoms with Gasteiger partial charge in [-0.25, -0.2) is 5.84 Å². The van der Waals surface area contributed by atoms with E-state index in [1.165, 1.54) is 11.3 Å². The summed E-state index contributed by atoms with van der Waals surface area (Å²) in [5.74, 6) is 4.85. The summed E-state index contributed by atoms with van der Waals surface area (Å²) in [5.41, 5.74) is 6.19. The molecule has 110 valence electrons. The summed E-state index contributed by atoms with van der Waals surface area (Å²) >= 11 is 3.52. The lowest BCUT2D eigenvalue weighted by molar-refractivity contribution is 0.0953. The maximum absolute atomic E-state index is 11.5. The first-order chi connectivity index (χ1) is 10.0. The summed E-state index contributed by atoms with van der Waals surface area (Å²) in [4.78, 5) is 13.7. The Hall–Kier alpha value is -1.85. The first-order valence-electron chi connectivity index (χ1n) is 6.59. The Morgan fingerprint density at radius 2 is 2.00 bits per heavy atom. The maximum atomic E-state index is 11.5. The standard InChI is InChI=1S/C16H18BrN3O/c1-11-5-3-4-6-15(11)20(2)10-13-8-7-12(9-14(13)17)16(21)19-18/h3-9H,10,18H2,1-2H3,(H,19,21). The highest BCUT2D eigenvalue weighted by molar-refractivity contribution is 9.10. The van der Waals surface area contributed by atoms with Crippen molar-refractivity contribution in [2.45, 2.75) is 13.5 Å². The number of nitrogens with two attached hydrogens (primary N) is 1. The number of hydrogen-bond donors (Lipinski definition) is 2. The number of carbonyl (C=O) groups excluding carboxylic acids is 1. The summed E-state index contributed by atoms with van der Waals surface area (Å²) in [6.45, 7) is 2.84. The summed E-state index contributed by atoms with van der Waals surface area (Å²) < 4.78 is 0.893. The van der Waals surface area contributed by atoms with Crippen LogP contribution < -0.4 is 16.2 Å². The number of nitrogens with one attached hydrogen (secondary N) is 1. The van der Waals surface area contributed by atoms with E-state index in [2.05, 4.69) is 52.4 Å². The summed E-state index contributed by atoms with van der Waals surface area (Å²) in [7, 11) is 2.05. The van der Waals surface area contributed by atoms with Crippen LogP contribution >= 0.6 is 15.9 Å². The maximum Gasteiger partial charge on any atom is 0.265 e. The van der Waals surface area contributed by atoms with Crippen LogP contribution in [0.5, 0.6) is 0 Å². The Morgan fingerprint density at radius 1 is 1.29 bits per heavy atom. The van der Waals surface area contributed by atoms with Crippen molar-refractivity contribution in [2.75, 3.05) is 11.9 Å². The number of benzene rings is 2. The van der Waals surface area contributed by atoms with Crippen LogP contribution in [0.15, 0.2) is 46.9 Å². The number of amides is 1. The Kier molecular flexibility index (Phi) is 4.98. The van der Waals surface area contributed by atoms with Crippen LogP contribution in [0.2, 0.25) is 0 Å². The van der Waals surface area contributed by atoms with Gasteiger partial charge in [0.15, 0.2) is 0 Å². The van der Waals surface area contributed by atoms with Crippen LogP contribution in [0, 0.1) is 6.92 Å². The Bertz CT molecular complexity index is 658. The third-order valence-electron chi connectivity index (χ3n) is 3.38. The number of aryl methyl sites for hydroxylation is 1. The topological polar surface area (TPSA) is 58.4 Å². The minimum atomic E-state index is -0.297. The quantitative estimate of drug-likeness (QED) is 0.507. The molecule has 0 aliphatic heterocycles. The van der Waals surface area contributed by atoms with Gasteiger partial charge < -0.3 is 4.90 Å². The Morgan fingerprint density at radius 3 is 2.62 bits per heavy atom. The molecule has 0 atom stereocenters. The van der Waals surface area contributed by atoms with E-state index in [9.17, 15) is 4.79 Å².